The van der Waals surface area contributed by atoms with E-state index in [4.69, 9.17) is 9.47 Å². The molecule has 0 saturated carbocycles. The van der Waals surface area contributed by atoms with Crippen molar-refractivity contribution >= 4 is 5.97 Å². The molecular weight excluding hydrogens is 302 g/mol. The Morgan fingerprint density at radius 2 is 1.71 bits per heavy atom. The quantitative estimate of drug-likeness (QED) is 0.543. The van der Waals surface area contributed by atoms with Crippen LogP contribution < -0.4 is 4.74 Å². The third-order valence-electron chi connectivity index (χ3n) is 4.29. The van der Waals surface area contributed by atoms with Gasteiger partial charge in [0.1, 0.15) is 5.75 Å². The van der Waals surface area contributed by atoms with Gasteiger partial charge in [0.15, 0.2) is 0 Å². The molecule has 0 amide bonds. The van der Waals surface area contributed by atoms with Crippen molar-refractivity contribution in [3.63, 3.8) is 0 Å². The van der Waals surface area contributed by atoms with Gasteiger partial charge in [0, 0.05) is 17.1 Å². The lowest BCUT2D eigenvalue weighted by molar-refractivity contribution is 0.0524. The van der Waals surface area contributed by atoms with Gasteiger partial charge in [-0.1, -0.05) is 13.3 Å². The highest BCUT2D eigenvalue weighted by Gasteiger charge is 2.22. The van der Waals surface area contributed by atoms with Gasteiger partial charge in [0.25, 0.3) is 0 Å². The van der Waals surface area contributed by atoms with Crippen molar-refractivity contribution in [2.45, 2.75) is 47.5 Å². The monoisotopic (exact) mass is 329 g/mol. The highest BCUT2D eigenvalue weighted by molar-refractivity contribution is 5.93. The number of nitrogens with zero attached hydrogens (tertiary/aromatic N) is 1. The molecule has 24 heavy (non-hydrogen) atoms. The van der Waals surface area contributed by atoms with Crippen molar-refractivity contribution < 1.29 is 14.3 Å². The number of ether oxygens (including phenoxy) is 2. The molecule has 2 aromatic rings. The van der Waals surface area contributed by atoms with Crippen LogP contribution in [0, 0.1) is 20.8 Å². The summed E-state index contributed by atoms with van der Waals surface area (Å²) in [5.74, 6) is 0.617. The fourth-order valence-electron chi connectivity index (χ4n) is 2.90. The van der Waals surface area contributed by atoms with Gasteiger partial charge in [0.05, 0.1) is 18.8 Å². The number of unbranched alkanes of at least 4 members (excludes halogenated alkanes) is 1. The van der Waals surface area contributed by atoms with Crippen molar-refractivity contribution in [3.05, 3.63) is 46.8 Å². The summed E-state index contributed by atoms with van der Waals surface area (Å²) in [4.78, 5) is 12.2. The van der Waals surface area contributed by atoms with Crippen LogP contribution >= 0.6 is 0 Å². The Hall–Kier alpha value is -2.23. The van der Waals surface area contributed by atoms with Crippen LogP contribution in [0.4, 0.5) is 0 Å². The summed E-state index contributed by atoms with van der Waals surface area (Å²) in [5, 5.41) is 0. The van der Waals surface area contributed by atoms with Crippen molar-refractivity contribution in [1.29, 1.82) is 0 Å². The van der Waals surface area contributed by atoms with E-state index in [-0.39, 0.29) is 5.97 Å². The first kappa shape index (κ1) is 18.1. The van der Waals surface area contributed by atoms with Gasteiger partial charge < -0.3 is 14.0 Å². The van der Waals surface area contributed by atoms with E-state index in [1.165, 1.54) is 0 Å². The molecule has 1 heterocycles. The molecule has 0 radical (unpaired) electrons. The Balaban J connectivity index is 2.32. The number of rotatable bonds is 7. The highest BCUT2D eigenvalue weighted by atomic mass is 16.5. The van der Waals surface area contributed by atoms with Crippen LogP contribution in [-0.4, -0.2) is 23.8 Å². The standard InChI is InChI=1S/C20H27NO3/c1-6-8-13-24-18-11-9-17(10-12-18)21-15(4)14(3)19(16(21)5)20(22)23-7-2/h9-12H,6-8,13H2,1-5H3. The summed E-state index contributed by atoms with van der Waals surface area (Å²) in [6.45, 7) is 11.0. The van der Waals surface area contributed by atoms with Gasteiger partial charge in [-0.15, -0.1) is 0 Å². The predicted molar refractivity (Wildman–Crippen MR) is 96.3 cm³/mol. The molecule has 1 aromatic carbocycles. The van der Waals surface area contributed by atoms with Gasteiger partial charge >= 0.3 is 5.97 Å². The molecule has 0 bridgehead atoms. The maximum absolute atomic E-state index is 12.2. The smallest absolute Gasteiger partial charge is 0.340 e. The maximum atomic E-state index is 12.2. The number of carbonyl (C=O) groups is 1. The van der Waals surface area contributed by atoms with Crippen molar-refractivity contribution in [3.8, 4) is 11.4 Å². The molecule has 2 rings (SSSR count). The van der Waals surface area contributed by atoms with Crippen LogP contribution in [0.25, 0.3) is 5.69 Å². The van der Waals surface area contributed by atoms with Gasteiger partial charge in [-0.2, -0.15) is 0 Å². The predicted octanol–water partition coefficient (Wildman–Crippen LogP) is 4.76. The third kappa shape index (κ3) is 3.64. The average Bonchev–Trinajstić information content (AvgIpc) is 2.78. The Labute approximate surface area is 144 Å². The summed E-state index contributed by atoms with van der Waals surface area (Å²) in [5.41, 5.74) is 4.61. The molecule has 0 fully saturated rings. The Bertz CT molecular complexity index is 699. The lowest BCUT2D eigenvalue weighted by Crippen LogP contribution is -2.07. The van der Waals surface area contributed by atoms with Gasteiger partial charge in [-0.25, -0.2) is 4.79 Å². The van der Waals surface area contributed by atoms with Gasteiger partial charge in [-0.05, 0) is 63.9 Å². The van der Waals surface area contributed by atoms with E-state index in [2.05, 4.69) is 11.5 Å². The van der Waals surface area contributed by atoms with Crippen LogP contribution in [0.1, 0.15) is 54.0 Å². The topological polar surface area (TPSA) is 40.5 Å². The number of esters is 1. The number of carbonyl (C=O) groups excluding carboxylic acids is 1. The molecule has 0 aliphatic rings. The summed E-state index contributed by atoms with van der Waals surface area (Å²) in [7, 11) is 0. The zero-order valence-corrected chi connectivity index (χ0v) is 15.3. The second-order valence-electron chi connectivity index (χ2n) is 5.92. The Morgan fingerprint density at radius 3 is 2.29 bits per heavy atom. The minimum Gasteiger partial charge on any atom is -0.494 e. The van der Waals surface area contributed by atoms with Crippen LogP contribution in [0.5, 0.6) is 5.75 Å². The third-order valence-corrected chi connectivity index (χ3v) is 4.29. The van der Waals surface area contributed by atoms with Crippen molar-refractivity contribution in [1.82, 2.24) is 4.57 Å². The van der Waals surface area contributed by atoms with Gasteiger partial charge in [-0.3, -0.25) is 0 Å². The summed E-state index contributed by atoms with van der Waals surface area (Å²) in [6, 6.07) is 8.00. The molecule has 0 atom stereocenters. The number of hydrogen-bond donors (Lipinski definition) is 0. The van der Waals surface area contributed by atoms with Crippen LogP contribution in [0.2, 0.25) is 0 Å². The normalized spacial score (nSPS) is 10.7. The van der Waals surface area contributed by atoms with E-state index in [0.717, 1.165) is 47.8 Å². The Kier molecular flexibility index (Phi) is 6.07. The molecule has 0 N–H and O–H groups in total. The average molecular weight is 329 g/mol. The minimum atomic E-state index is -0.256. The molecule has 0 aliphatic carbocycles. The van der Waals surface area contributed by atoms with Gasteiger partial charge in [0.2, 0.25) is 0 Å². The molecule has 0 saturated heterocycles. The zero-order valence-electron chi connectivity index (χ0n) is 15.3. The van der Waals surface area contributed by atoms with E-state index >= 15 is 0 Å². The van der Waals surface area contributed by atoms with E-state index in [9.17, 15) is 4.79 Å². The fourth-order valence-corrected chi connectivity index (χ4v) is 2.90. The number of aromatic nitrogens is 1. The number of benzene rings is 1. The molecule has 4 nitrogen and oxygen atoms in total. The summed E-state index contributed by atoms with van der Waals surface area (Å²) >= 11 is 0. The lowest BCUT2D eigenvalue weighted by Gasteiger charge is -2.11. The number of hydrogen-bond acceptors (Lipinski definition) is 3. The zero-order chi connectivity index (χ0) is 17.7. The largest absolute Gasteiger partial charge is 0.494 e. The van der Waals surface area contributed by atoms with Crippen LogP contribution in [0.15, 0.2) is 24.3 Å². The Morgan fingerprint density at radius 1 is 1.04 bits per heavy atom. The highest BCUT2D eigenvalue weighted by Crippen LogP contribution is 2.27. The first-order chi connectivity index (χ1) is 11.5. The molecule has 0 spiro atoms. The second-order valence-corrected chi connectivity index (χ2v) is 5.92. The molecular formula is C20H27NO3. The minimum absolute atomic E-state index is 0.256. The SMILES string of the molecule is CCCCOc1ccc(-n2c(C)c(C)c(C(=O)OCC)c2C)cc1. The van der Waals surface area contributed by atoms with E-state index in [1.807, 2.05) is 52.0 Å². The van der Waals surface area contributed by atoms with Crippen LogP contribution in [0.3, 0.4) is 0 Å². The molecule has 130 valence electrons. The molecule has 1 aromatic heterocycles. The second kappa shape index (κ2) is 8.04. The maximum Gasteiger partial charge on any atom is 0.340 e. The van der Waals surface area contributed by atoms with Crippen LogP contribution in [-0.2, 0) is 4.74 Å². The lowest BCUT2D eigenvalue weighted by atomic mass is 10.1. The molecule has 4 heteroatoms. The van der Waals surface area contributed by atoms with E-state index in [0.29, 0.717) is 12.2 Å². The van der Waals surface area contributed by atoms with E-state index < -0.39 is 0 Å². The van der Waals surface area contributed by atoms with Crippen molar-refractivity contribution in [2.75, 3.05) is 13.2 Å². The first-order valence-electron chi connectivity index (χ1n) is 8.60. The molecule has 0 unspecified atom stereocenters. The fraction of sp³-hybridized carbons (Fsp3) is 0.450. The first-order valence-corrected chi connectivity index (χ1v) is 8.60. The summed E-state index contributed by atoms with van der Waals surface area (Å²) in [6.07, 6.45) is 2.18. The van der Waals surface area contributed by atoms with Crippen molar-refractivity contribution in [2.24, 2.45) is 0 Å². The summed E-state index contributed by atoms with van der Waals surface area (Å²) < 4.78 is 13.0. The van der Waals surface area contributed by atoms with E-state index in [1.54, 1.807) is 0 Å². The molecule has 0 aliphatic heterocycles.